The molecular formula is C18H31LiO. The second-order valence-electron chi connectivity index (χ2n) is 5.56. The summed E-state index contributed by atoms with van der Waals surface area (Å²) in [6, 6.07) is 7.71. The molecule has 20 heavy (non-hydrogen) atoms. The van der Waals surface area contributed by atoms with E-state index in [2.05, 4.69) is 6.92 Å². The van der Waals surface area contributed by atoms with Crippen molar-refractivity contribution in [3.8, 4) is 5.75 Å². The Morgan fingerprint density at radius 2 is 1.30 bits per heavy atom. The van der Waals surface area contributed by atoms with Gasteiger partial charge in [-0.3, -0.25) is 0 Å². The van der Waals surface area contributed by atoms with E-state index in [0.717, 1.165) is 12.0 Å². The summed E-state index contributed by atoms with van der Waals surface area (Å²) in [6.07, 6.45) is 14.6. The van der Waals surface area contributed by atoms with Crippen LogP contribution in [-0.2, 0) is 6.42 Å². The number of aryl methyl sites for hydroxylation is 1. The molecular weight excluding hydrogens is 239 g/mol. The van der Waals surface area contributed by atoms with E-state index in [9.17, 15) is 5.11 Å². The summed E-state index contributed by atoms with van der Waals surface area (Å²) in [5.74, 6) is 0.457. The van der Waals surface area contributed by atoms with Gasteiger partial charge in [0.15, 0.2) is 0 Å². The van der Waals surface area contributed by atoms with Crippen LogP contribution in [0.15, 0.2) is 24.3 Å². The maximum absolute atomic E-state index is 9.65. The minimum atomic E-state index is 0. The molecule has 0 amide bonds. The number of para-hydroxylation sites is 1. The Labute approximate surface area is 138 Å². The minimum Gasteiger partial charge on any atom is -1.00 e. The van der Waals surface area contributed by atoms with Gasteiger partial charge in [0.05, 0.1) is 0 Å². The number of benzene rings is 1. The van der Waals surface area contributed by atoms with Gasteiger partial charge in [0, 0.05) is 0 Å². The zero-order valence-electron chi connectivity index (χ0n) is 14.5. The van der Waals surface area contributed by atoms with Crippen LogP contribution >= 0.6 is 0 Å². The Hall–Kier alpha value is -0.383. The Kier molecular flexibility index (Phi) is 13.3. The van der Waals surface area contributed by atoms with Gasteiger partial charge in [-0.05, 0) is 24.5 Å². The summed E-state index contributed by atoms with van der Waals surface area (Å²) < 4.78 is 0. The molecule has 0 aromatic heterocycles. The van der Waals surface area contributed by atoms with Crippen molar-refractivity contribution in [2.45, 2.75) is 77.6 Å². The van der Waals surface area contributed by atoms with Crippen LogP contribution < -0.4 is 18.9 Å². The van der Waals surface area contributed by atoms with Crippen molar-refractivity contribution < 1.29 is 25.4 Å². The average molecular weight is 270 g/mol. The van der Waals surface area contributed by atoms with Gasteiger partial charge >= 0.3 is 18.9 Å². The molecule has 110 valence electrons. The third kappa shape index (κ3) is 9.51. The summed E-state index contributed by atoms with van der Waals surface area (Å²) >= 11 is 0. The quantitative estimate of drug-likeness (QED) is 0.484. The normalized spacial score (nSPS) is 10.2. The van der Waals surface area contributed by atoms with Crippen LogP contribution in [0.4, 0.5) is 0 Å². The van der Waals surface area contributed by atoms with Crippen LogP contribution in [0, 0.1) is 0 Å². The van der Waals surface area contributed by atoms with E-state index in [1.165, 1.54) is 64.2 Å². The second kappa shape index (κ2) is 13.6. The van der Waals surface area contributed by atoms with Crippen molar-refractivity contribution in [3.63, 3.8) is 0 Å². The molecule has 1 rings (SSSR count). The molecule has 0 aliphatic carbocycles. The number of phenolic OH excluding ortho intramolecular Hbond substituents is 1. The molecule has 1 aromatic carbocycles. The molecule has 2 heteroatoms. The van der Waals surface area contributed by atoms with E-state index in [4.69, 9.17) is 0 Å². The van der Waals surface area contributed by atoms with Gasteiger partial charge in [0.25, 0.3) is 0 Å². The predicted molar refractivity (Wildman–Crippen MR) is 84.8 cm³/mol. The largest absolute Gasteiger partial charge is 1.00 e. The summed E-state index contributed by atoms with van der Waals surface area (Å²) in [5, 5.41) is 9.65. The monoisotopic (exact) mass is 270 g/mol. The topological polar surface area (TPSA) is 20.2 Å². The van der Waals surface area contributed by atoms with Crippen molar-refractivity contribution in [3.05, 3.63) is 29.8 Å². The van der Waals surface area contributed by atoms with Crippen molar-refractivity contribution in [2.24, 2.45) is 0 Å². The fourth-order valence-corrected chi connectivity index (χ4v) is 2.53. The maximum Gasteiger partial charge on any atom is 1.00 e. The van der Waals surface area contributed by atoms with Crippen molar-refractivity contribution in [1.82, 2.24) is 0 Å². The van der Waals surface area contributed by atoms with Crippen LogP contribution in [0.2, 0.25) is 0 Å². The first-order valence-electron chi connectivity index (χ1n) is 8.11. The van der Waals surface area contributed by atoms with E-state index < -0.39 is 0 Å². The molecule has 0 fully saturated rings. The standard InChI is InChI=1S/C18H30O.Li.H/c1-2-3-4-5-6-7-8-9-10-11-14-17-15-12-13-16-18(17)19;;/h12-13,15-16,19H,2-11,14H2,1H3;;/q;+1;-1. The van der Waals surface area contributed by atoms with Gasteiger partial charge < -0.3 is 6.53 Å². The molecule has 0 atom stereocenters. The molecule has 0 spiro atoms. The molecule has 0 aliphatic rings. The number of aromatic hydroxyl groups is 1. The van der Waals surface area contributed by atoms with Gasteiger partial charge in [-0.25, -0.2) is 0 Å². The third-order valence-electron chi connectivity index (χ3n) is 3.79. The number of hydrogen-bond donors (Lipinski definition) is 1. The molecule has 0 saturated carbocycles. The number of hydrogen-bond acceptors (Lipinski definition) is 1. The van der Waals surface area contributed by atoms with E-state index in [1.54, 1.807) is 6.07 Å². The first-order chi connectivity index (χ1) is 9.34. The van der Waals surface area contributed by atoms with Gasteiger partial charge in [-0.1, -0.05) is 82.9 Å². The summed E-state index contributed by atoms with van der Waals surface area (Å²) in [4.78, 5) is 0. The summed E-state index contributed by atoms with van der Waals surface area (Å²) in [5.41, 5.74) is 1.10. The van der Waals surface area contributed by atoms with Crippen molar-refractivity contribution in [1.29, 1.82) is 0 Å². The Bertz CT molecular complexity index is 331. The van der Waals surface area contributed by atoms with E-state index in [-0.39, 0.29) is 20.3 Å². The molecule has 1 aromatic rings. The predicted octanol–water partition coefficient (Wildman–Crippen LogP) is 2.97. The minimum absolute atomic E-state index is 0. The Balaban J connectivity index is 0. The van der Waals surface area contributed by atoms with Gasteiger partial charge in [0.2, 0.25) is 0 Å². The van der Waals surface area contributed by atoms with Crippen LogP contribution in [0.1, 0.15) is 78.1 Å². The molecule has 0 heterocycles. The smallest absolute Gasteiger partial charge is 1.00 e. The third-order valence-corrected chi connectivity index (χ3v) is 3.79. The molecule has 0 aliphatic heterocycles. The molecule has 0 saturated heterocycles. The first kappa shape index (κ1) is 19.6. The fraction of sp³-hybridized carbons (Fsp3) is 0.667. The molecule has 1 N–H and O–H groups in total. The number of rotatable bonds is 11. The van der Waals surface area contributed by atoms with Crippen LogP contribution in [0.25, 0.3) is 0 Å². The number of unbranched alkanes of at least 4 members (excludes halogenated alkanes) is 9. The fourth-order valence-electron chi connectivity index (χ4n) is 2.53. The van der Waals surface area contributed by atoms with Crippen LogP contribution in [-0.4, -0.2) is 5.11 Å². The van der Waals surface area contributed by atoms with E-state index in [1.807, 2.05) is 18.2 Å². The Morgan fingerprint density at radius 1 is 0.800 bits per heavy atom. The van der Waals surface area contributed by atoms with Crippen LogP contribution in [0.3, 0.4) is 0 Å². The molecule has 0 radical (unpaired) electrons. The SMILES string of the molecule is CCCCCCCCCCCCc1ccccc1O.[H-].[Li+]. The second-order valence-corrected chi connectivity index (χ2v) is 5.56. The van der Waals surface area contributed by atoms with Crippen LogP contribution in [0.5, 0.6) is 5.75 Å². The van der Waals surface area contributed by atoms with Gasteiger partial charge in [0.1, 0.15) is 5.75 Å². The molecule has 0 bridgehead atoms. The summed E-state index contributed by atoms with van der Waals surface area (Å²) in [6.45, 7) is 2.27. The average Bonchev–Trinajstić information content (AvgIpc) is 2.43. The zero-order chi connectivity index (χ0) is 13.8. The maximum atomic E-state index is 9.65. The number of phenols is 1. The van der Waals surface area contributed by atoms with Gasteiger partial charge in [-0.15, -0.1) is 0 Å². The summed E-state index contributed by atoms with van der Waals surface area (Å²) in [7, 11) is 0. The van der Waals surface area contributed by atoms with Gasteiger partial charge in [-0.2, -0.15) is 0 Å². The van der Waals surface area contributed by atoms with E-state index in [0.29, 0.717) is 5.75 Å². The van der Waals surface area contributed by atoms with E-state index >= 15 is 0 Å². The van der Waals surface area contributed by atoms with Crippen molar-refractivity contribution in [2.75, 3.05) is 0 Å². The first-order valence-corrected chi connectivity index (χ1v) is 8.11. The van der Waals surface area contributed by atoms with Crippen molar-refractivity contribution >= 4 is 0 Å². The molecule has 0 unspecified atom stereocenters. The molecule has 1 nitrogen and oxygen atoms in total. The Morgan fingerprint density at radius 3 is 1.85 bits per heavy atom. The zero-order valence-corrected chi connectivity index (χ0v) is 13.5.